The van der Waals surface area contributed by atoms with Gasteiger partial charge in [0.1, 0.15) is 6.73 Å². The number of rotatable bonds is 4. The van der Waals surface area contributed by atoms with Crippen LogP contribution in [0.2, 0.25) is 0 Å². The van der Waals surface area contributed by atoms with Crippen LogP contribution < -0.4 is 11.3 Å². The molecule has 1 heterocycles. The largest absolute Gasteiger partial charge is 0.361 e. The van der Waals surface area contributed by atoms with Crippen LogP contribution in [0.25, 0.3) is 10.9 Å². The van der Waals surface area contributed by atoms with Crippen molar-refractivity contribution in [1.82, 2.24) is 4.57 Å². The Morgan fingerprint density at radius 3 is 2.82 bits per heavy atom. The SMILES string of the molecule is CCOCn1c(=O)c(CN)cc2ccccc21. The molecule has 4 nitrogen and oxygen atoms in total. The summed E-state index contributed by atoms with van der Waals surface area (Å²) in [6.07, 6.45) is 0. The van der Waals surface area contributed by atoms with E-state index in [-0.39, 0.29) is 18.8 Å². The molecule has 90 valence electrons. The number of ether oxygens (including phenoxy) is 1. The second kappa shape index (κ2) is 5.12. The average Bonchev–Trinajstić information content (AvgIpc) is 2.37. The van der Waals surface area contributed by atoms with Crippen molar-refractivity contribution in [3.63, 3.8) is 0 Å². The second-order valence-electron chi connectivity index (χ2n) is 3.79. The lowest BCUT2D eigenvalue weighted by atomic mass is 10.1. The molecule has 2 aromatic rings. The van der Waals surface area contributed by atoms with Gasteiger partial charge in [0.25, 0.3) is 5.56 Å². The summed E-state index contributed by atoms with van der Waals surface area (Å²) in [6.45, 7) is 2.99. The molecule has 2 rings (SSSR count). The number of pyridine rings is 1. The van der Waals surface area contributed by atoms with E-state index in [0.29, 0.717) is 12.2 Å². The Morgan fingerprint density at radius 1 is 1.35 bits per heavy atom. The second-order valence-corrected chi connectivity index (χ2v) is 3.79. The average molecular weight is 232 g/mol. The van der Waals surface area contributed by atoms with Crippen LogP contribution in [0, 0.1) is 0 Å². The van der Waals surface area contributed by atoms with E-state index in [4.69, 9.17) is 10.5 Å². The molecule has 0 saturated carbocycles. The van der Waals surface area contributed by atoms with E-state index in [9.17, 15) is 4.79 Å². The van der Waals surface area contributed by atoms with E-state index in [1.807, 2.05) is 37.3 Å². The maximum Gasteiger partial charge on any atom is 0.257 e. The highest BCUT2D eigenvalue weighted by molar-refractivity contribution is 5.79. The van der Waals surface area contributed by atoms with E-state index in [0.717, 1.165) is 10.9 Å². The van der Waals surface area contributed by atoms with Crippen molar-refractivity contribution in [1.29, 1.82) is 0 Å². The smallest absolute Gasteiger partial charge is 0.257 e. The lowest BCUT2D eigenvalue weighted by Crippen LogP contribution is -2.26. The molecule has 0 unspecified atom stereocenters. The molecule has 0 atom stereocenters. The lowest BCUT2D eigenvalue weighted by molar-refractivity contribution is 0.0883. The van der Waals surface area contributed by atoms with Crippen LogP contribution in [0.15, 0.2) is 35.1 Å². The number of hydrogen-bond donors (Lipinski definition) is 1. The highest BCUT2D eigenvalue weighted by Crippen LogP contribution is 2.13. The molecule has 0 bridgehead atoms. The Balaban J connectivity index is 2.66. The fourth-order valence-electron chi connectivity index (χ4n) is 1.84. The zero-order valence-corrected chi connectivity index (χ0v) is 9.85. The topological polar surface area (TPSA) is 57.2 Å². The van der Waals surface area contributed by atoms with Crippen LogP contribution in [0.1, 0.15) is 12.5 Å². The molecule has 2 N–H and O–H groups in total. The lowest BCUT2D eigenvalue weighted by Gasteiger charge is -2.11. The Labute approximate surface area is 99.6 Å². The normalized spacial score (nSPS) is 10.9. The van der Waals surface area contributed by atoms with Crippen molar-refractivity contribution < 1.29 is 4.74 Å². The van der Waals surface area contributed by atoms with Crippen molar-refractivity contribution >= 4 is 10.9 Å². The fraction of sp³-hybridized carbons (Fsp3) is 0.308. The number of para-hydroxylation sites is 1. The van der Waals surface area contributed by atoms with Crippen molar-refractivity contribution in [2.45, 2.75) is 20.2 Å². The van der Waals surface area contributed by atoms with Crippen molar-refractivity contribution in [2.75, 3.05) is 6.61 Å². The van der Waals surface area contributed by atoms with E-state index >= 15 is 0 Å². The molecule has 1 aromatic heterocycles. The first kappa shape index (κ1) is 11.8. The molecule has 0 amide bonds. The first-order valence-electron chi connectivity index (χ1n) is 5.67. The summed E-state index contributed by atoms with van der Waals surface area (Å²) in [5, 5.41) is 1.01. The minimum atomic E-state index is -0.0698. The highest BCUT2D eigenvalue weighted by atomic mass is 16.5. The third kappa shape index (κ3) is 2.23. The summed E-state index contributed by atoms with van der Waals surface area (Å²) >= 11 is 0. The van der Waals surface area contributed by atoms with E-state index in [2.05, 4.69) is 0 Å². The van der Waals surface area contributed by atoms with Gasteiger partial charge in [0.2, 0.25) is 0 Å². The maximum absolute atomic E-state index is 12.1. The van der Waals surface area contributed by atoms with E-state index in [1.165, 1.54) is 0 Å². The number of nitrogens with zero attached hydrogens (tertiary/aromatic N) is 1. The molecule has 0 aliphatic heterocycles. The standard InChI is InChI=1S/C13H16N2O2/c1-2-17-9-15-12-6-4-3-5-10(12)7-11(8-14)13(15)16/h3-7H,2,8-9,14H2,1H3. The van der Waals surface area contributed by atoms with Gasteiger partial charge in [-0.05, 0) is 24.4 Å². The van der Waals surface area contributed by atoms with Gasteiger partial charge in [-0.1, -0.05) is 18.2 Å². The summed E-state index contributed by atoms with van der Waals surface area (Å²) in [4.78, 5) is 12.1. The molecule has 0 radical (unpaired) electrons. The van der Waals surface area contributed by atoms with Crippen molar-refractivity contribution in [3.05, 3.63) is 46.2 Å². The van der Waals surface area contributed by atoms with Crippen molar-refractivity contribution in [3.8, 4) is 0 Å². The summed E-state index contributed by atoms with van der Waals surface area (Å²) in [5.74, 6) is 0. The van der Waals surface area contributed by atoms with Gasteiger partial charge in [0.15, 0.2) is 0 Å². The van der Waals surface area contributed by atoms with Gasteiger partial charge in [-0.15, -0.1) is 0 Å². The van der Waals surface area contributed by atoms with Crippen LogP contribution in [0.3, 0.4) is 0 Å². The molecule has 0 saturated heterocycles. The summed E-state index contributed by atoms with van der Waals surface area (Å²) in [5.41, 5.74) is 7.01. The summed E-state index contributed by atoms with van der Waals surface area (Å²) in [7, 11) is 0. The first-order chi connectivity index (χ1) is 8.27. The van der Waals surface area contributed by atoms with Crippen LogP contribution in [0.4, 0.5) is 0 Å². The van der Waals surface area contributed by atoms with Gasteiger partial charge in [-0.3, -0.25) is 9.36 Å². The van der Waals surface area contributed by atoms with Gasteiger partial charge >= 0.3 is 0 Å². The first-order valence-corrected chi connectivity index (χ1v) is 5.67. The number of benzene rings is 1. The molecule has 1 aromatic carbocycles. The van der Waals surface area contributed by atoms with Gasteiger partial charge < -0.3 is 10.5 Å². The minimum absolute atomic E-state index is 0.0698. The monoisotopic (exact) mass is 232 g/mol. The fourth-order valence-corrected chi connectivity index (χ4v) is 1.84. The number of hydrogen-bond acceptors (Lipinski definition) is 3. The predicted octanol–water partition coefficient (Wildman–Crippen LogP) is 1.45. The Morgan fingerprint density at radius 2 is 2.12 bits per heavy atom. The Hall–Kier alpha value is -1.65. The molecule has 0 fully saturated rings. The Bertz CT molecular complexity index is 575. The van der Waals surface area contributed by atoms with E-state index in [1.54, 1.807) is 4.57 Å². The van der Waals surface area contributed by atoms with Gasteiger partial charge in [-0.25, -0.2) is 0 Å². The number of nitrogens with two attached hydrogens (primary N) is 1. The predicted molar refractivity (Wildman–Crippen MR) is 67.7 cm³/mol. The number of fused-ring (bicyclic) bond motifs is 1. The maximum atomic E-state index is 12.1. The van der Waals surface area contributed by atoms with Crippen LogP contribution in [0.5, 0.6) is 0 Å². The van der Waals surface area contributed by atoms with Crippen LogP contribution in [-0.4, -0.2) is 11.2 Å². The molecule has 0 aliphatic carbocycles. The Kier molecular flexibility index (Phi) is 3.56. The van der Waals surface area contributed by atoms with Gasteiger partial charge in [0, 0.05) is 18.7 Å². The molecular weight excluding hydrogens is 216 g/mol. The quantitative estimate of drug-likeness (QED) is 0.868. The number of aromatic nitrogens is 1. The van der Waals surface area contributed by atoms with Crippen LogP contribution >= 0.6 is 0 Å². The third-order valence-corrected chi connectivity index (χ3v) is 2.72. The summed E-state index contributed by atoms with van der Waals surface area (Å²) in [6, 6.07) is 9.58. The third-order valence-electron chi connectivity index (χ3n) is 2.72. The minimum Gasteiger partial charge on any atom is -0.361 e. The molecular formula is C13H16N2O2. The molecule has 4 heteroatoms. The van der Waals surface area contributed by atoms with Gasteiger partial charge in [0.05, 0.1) is 5.52 Å². The van der Waals surface area contributed by atoms with Crippen molar-refractivity contribution in [2.24, 2.45) is 5.73 Å². The highest BCUT2D eigenvalue weighted by Gasteiger charge is 2.07. The van der Waals surface area contributed by atoms with Crippen LogP contribution in [-0.2, 0) is 18.0 Å². The molecule has 17 heavy (non-hydrogen) atoms. The molecule has 0 spiro atoms. The van der Waals surface area contributed by atoms with E-state index < -0.39 is 0 Å². The zero-order valence-electron chi connectivity index (χ0n) is 9.85. The van der Waals surface area contributed by atoms with Gasteiger partial charge in [-0.2, -0.15) is 0 Å². The molecule has 0 aliphatic rings. The zero-order chi connectivity index (χ0) is 12.3. The summed E-state index contributed by atoms with van der Waals surface area (Å²) < 4.78 is 6.96.